The first-order valence-electron chi connectivity index (χ1n) is 13.2. The Kier molecular flexibility index (Phi) is 24.4. The molecule has 2 atom stereocenters. The number of carbonyl (C=O) groups is 2. The summed E-state index contributed by atoms with van der Waals surface area (Å²) in [6, 6.07) is 0. The van der Waals surface area contributed by atoms with Crippen LogP contribution in [-0.4, -0.2) is 83.4 Å². The highest BCUT2D eigenvalue weighted by molar-refractivity contribution is 5.87. The van der Waals surface area contributed by atoms with Gasteiger partial charge in [0.05, 0.1) is 32.5 Å². The molecule has 0 radical (unpaired) electrons. The highest BCUT2D eigenvalue weighted by Crippen LogP contribution is 2.00. The monoisotopic (exact) mass is 504 g/mol. The first-order chi connectivity index (χ1) is 17.0. The van der Waals surface area contributed by atoms with Gasteiger partial charge in [-0.15, -0.1) is 0 Å². The summed E-state index contributed by atoms with van der Waals surface area (Å²) in [6.07, 6.45) is 9.37. The van der Waals surface area contributed by atoms with Gasteiger partial charge in [0.25, 0.3) is 0 Å². The summed E-state index contributed by atoms with van der Waals surface area (Å²) in [5.41, 5.74) is 0. The van der Waals surface area contributed by atoms with Crippen LogP contribution in [0.15, 0.2) is 12.2 Å². The lowest BCUT2D eigenvalue weighted by Gasteiger charge is -2.10. The van der Waals surface area contributed by atoms with Gasteiger partial charge in [-0.25, -0.2) is 4.39 Å². The van der Waals surface area contributed by atoms with Crippen molar-refractivity contribution in [1.82, 2.24) is 10.6 Å². The summed E-state index contributed by atoms with van der Waals surface area (Å²) in [7, 11) is 0. The fraction of sp³-hybridized carbons (Fsp3) is 0.846. The van der Waals surface area contributed by atoms with Crippen LogP contribution < -0.4 is 10.6 Å². The summed E-state index contributed by atoms with van der Waals surface area (Å²) >= 11 is 0. The number of hydrogen-bond acceptors (Lipinski definition) is 6. The summed E-state index contributed by atoms with van der Waals surface area (Å²) in [5.74, 6) is -0.335. The molecule has 0 saturated carbocycles. The molecule has 0 rings (SSSR count). The van der Waals surface area contributed by atoms with Crippen LogP contribution in [0.5, 0.6) is 0 Å². The molecule has 0 fully saturated rings. The molecule has 0 saturated heterocycles. The number of carbonyl (C=O) groups excluding carboxylic acids is 2. The fourth-order valence-electron chi connectivity index (χ4n) is 2.79. The Bertz CT molecular complexity index is 536. The Labute approximate surface area is 211 Å². The zero-order valence-electron chi connectivity index (χ0n) is 22.2. The molecule has 2 amide bonds. The molecular formula is C26H49FN2O6. The van der Waals surface area contributed by atoms with Gasteiger partial charge in [-0.3, -0.25) is 9.59 Å². The summed E-state index contributed by atoms with van der Waals surface area (Å²) in [6.45, 7) is 9.70. The molecule has 0 aromatic rings. The number of allylic oxidation sites excluding steroid dienone is 1. The van der Waals surface area contributed by atoms with Crippen molar-refractivity contribution in [3.63, 3.8) is 0 Å². The molecule has 0 spiro atoms. The van der Waals surface area contributed by atoms with E-state index < -0.39 is 6.17 Å². The minimum absolute atomic E-state index is 0.00636. The number of hydrogen-bond donors (Lipinski definition) is 2. The Balaban J connectivity index is 3.26. The smallest absolute Gasteiger partial charge is 0.246 e. The first-order valence-corrected chi connectivity index (χ1v) is 13.2. The lowest BCUT2D eigenvalue weighted by atomic mass is 10.2. The molecule has 2 unspecified atom stereocenters. The third-order valence-electron chi connectivity index (χ3n) is 5.11. The Morgan fingerprint density at radius 2 is 1.49 bits per heavy atom. The predicted octanol–water partition coefficient (Wildman–Crippen LogP) is 3.73. The van der Waals surface area contributed by atoms with E-state index >= 15 is 0 Å². The fourth-order valence-corrected chi connectivity index (χ4v) is 2.79. The zero-order valence-corrected chi connectivity index (χ0v) is 22.2. The first kappa shape index (κ1) is 33.4. The molecule has 206 valence electrons. The third kappa shape index (κ3) is 25.4. The molecular weight excluding hydrogens is 455 g/mol. The molecule has 0 aromatic carbocycles. The van der Waals surface area contributed by atoms with E-state index in [4.69, 9.17) is 18.9 Å². The van der Waals surface area contributed by atoms with Crippen LogP contribution >= 0.6 is 0 Å². The van der Waals surface area contributed by atoms with Gasteiger partial charge in [0.15, 0.2) is 0 Å². The van der Waals surface area contributed by atoms with Crippen LogP contribution in [0.25, 0.3) is 0 Å². The third-order valence-corrected chi connectivity index (χ3v) is 5.11. The van der Waals surface area contributed by atoms with Crippen LogP contribution in [0, 0.1) is 0 Å². The second-order valence-electron chi connectivity index (χ2n) is 8.45. The maximum absolute atomic E-state index is 13.6. The van der Waals surface area contributed by atoms with Gasteiger partial charge >= 0.3 is 0 Å². The van der Waals surface area contributed by atoms with Crippen molar-refractivity contribution in [3.05, 3.63) is 12.2 Å². The van der Waals surface area contributed by atoms with Gasteiger partial charge < -0.3 is 29.6 Å². The topological polar surface area (TPSA) is 95.1 Å². The quantitative estimate of drug-likeness (QED) is 0.145. The maximum Gasteiger partial charge on any atom is 0.246 e. The summed E-state index contributed by atoms with van der Waals surface area (Å²) < 4.78 is 35.5. The molecule has 0 aromatic heterocycles. The molecule has 8 nitrogen and oxygen atoms in total. The van der Waals surface area contributed by atoms with E-state index in [2.05, 4.69) is 10.6 Å². The van der Waals surface area contributed by atoms with Crippen LogP contribution in [0.1, 0.15) is 72.1 Å². The van der Waals surface area contributed by atoms with E-state index in [-0.39, 0.29) is 37.7 Å². The number of alkyl halides is 1. The number of ether oxygens (including phenoxy) is 4. The van der Waals surface area contributed by atoms with Crippen LogP contribution in [0.4, 0.5) is 4.39 Å². The molecule has 0 heterocycles. The molecule has 9 heteroatoms. The lowest BCUT2D eigenvalue weighted by molar-refractivity contribution is -0.127. The maximum atomic E-state index is 13.6. The minimum Gasteiger partial charge on any atom is -0.379 e. The Morgan fingerprint density at radius 3 is 2.11 bits per heavy atom. The normalized spacial score (nSPS) is 13.1. The van der Waals surface area contributed by atoms with E-state index in [0.717, 1.165) is 51.4 Å². The van der Waals surface area contributed by atoms with Crippen molar-refractivity contribution < 1.29 is 32.9 Å². The SMILES string of the molecule is CCC=CC(=O)NCC(F)COCCCCCOCCOCCCCCNC(=O)COC(C)CC. The second kappa shape index (κ2) is 25.5. The van der Waals surface area contributed by atoms with Gasteiger partial charge in [-0.1, -0.05) is 19.9 Å². The molecule has 0 aliphatic carbocycles. The van der Waals surface area contributed by atoms with Crippen molar-refractivity contribution in [2.75, 3.05) is 59.3 Å². The number of halogens is 1. The van der Waals surface area contributed by atoms with Gasteiger partial charge in [0.1, 0.15) is 12.8 Å². The van der Waals surface area contributed by atoms with Crippen LogP contribution in [0.2, 0.25) is 0 Å². The van der Waals surface area contributed by atoms with Gasteiger partial charge in [0, 0.05) is 26.4 Å². The number of amides is 2. The number of nitrogens with one attached hydrogen (secondary N) is 2. The van der Waals surface area contributed by atoms with Crippen molar-refractivity contribution >= 4 is 11.8 Å². The summed E-state index contributed by atoms with van der Waals surface area (Å²) in [5, 5.41) is 5.37. The average Bonchev–Trinajstić information content (AvgIpc) is 2.86. The predicted molar refractivity (Wildman–Crippen MR) is 136 cm³/mol. The highest BCUT2D eigenvalue weighted by atomic mass is 19.1. The minimum atomic E-state index is -1.20. The van der Waals surface area contributed by atoms with Crippen LogP contribution in [-0.2, 0) is 28.5 Å². The average molecular weight is 505 g/mol. The van der Waals surface area contributed by atoms with Crippen molar-refractivity contribution in [1.29, 1.82) is 0 Å². The van der Waals surface area contributed by atoms with Gasteiger partial charge in [0.2, 0.25) is 11.8 Å². The van der Waals surface area contributed by atoms with Crippen LogP contribution in [0.3, 0.4) is 0 Å². The number of unbranched alkanes of at least 4 members (excludes halogenated alkanes) is 4. The Hall–Kier alpha value is -1.55. The molecule has 0 aliphatic rings. The highest BCUT2D eigenvalue weighted by Gasteiger charge is 2.07. The van der Waals surface area contributed by atoms with E-state index in [1.165, 1.54) is 6.08 Å². The van der Waals surface area contributed by atoms with E-state index in [1.807, 2.05) is 20.8 Å². The van der Waals surface area contributed by atoms with Gasteiger partial charge in [-0.2, -0.15) is 0 Å². The van der Waals surface area contributed by atoms with Crippen molar-refractivity contribution in [2.24, 2.45) is 0 Å². The lowest BCUT2D eigenvalue weighted by Crippen LogP contribution is -2.31. The number of rotatable bonds is 25. The Morgan fingerprint density at radius 1 is 0.857 bits per heavy atom. The van der Waals surface area contributed by atoms with E-state index in [9.17, 15) is 14.0 Å². The molecule has 0 bridgehead atoms. The van der Waals surface area contributed by atoms with E-state index in [1.54, 1.807) is 6.08 Å². The largest absolute Gasteiger partial charge is 0.379 e. The van der Waals surface area contributed by atoms with Gasteiger partial charge in [-0.05, 0) is 64.4 Å². The van der Waals surface area contributed by atoms with E-state index in [0.29, 0.717) is 39.6 Å². The van der Waals surface area contributed by atoms with Crippen molar-refractivity contribution in [2.45, 2.75) is 84.4 Å². The second-order valence-corrected chi connectivity index (χ2v) is 8.45. The summed E-state index contributed by atoms with van der Waals surface area (Å²) in [4.78, 5) is 22.9. The zero-order chi connectivity index (χ0) is 26.0. The molecule has 0 aliphatic heterocycles. The molecule has 35 heavy (non-hydrogen) atoms. The standard InChI is InChI=1S/C26H49FN2O6/c1-4-6-13-25(30)29-20-24(27)21-34-17-12-8-11-16-33-19-18-32-15-10-7-9-14-28-26(31)22-35-23(3)5-2/h6,13,23-24H,4-5,7-12,14-22H2,1-3H3,(H,28,31)(H,29,30). The molecule has 2 N–H and O–H groups in total. The van der Waals surface area contributed by atoms with Crippen molar-refractivity contribution in [3.8, 4) is 0 Å².